The molecule has 1 aromatic carbocycles. The van der Waals surface area contributed by atoms with Crippen LogP contribution >= 0.6 is 0 Å². The molecule has 27 heavy (non-hydrogen) atoms. The number of benzene rings is 1. The zero-order valence-electron chi connectivity index (χ0n) is 16.5. The third-order valence-electron chi connectivity index (χ3n) is 4.34. The normalized spacial score (nSPS) is 20.5. The molecule has 0 aromatic heterocycles. The molecule has 1 aliphatic rings. The van der Waals surface area contributed by atoms with Crippen LogP contribution in [0.4, 0.5) is 11.4 Å². The lowest BCUT2D eigenvalue weighted by Crippen LogP contribution is -2.45. The van der Waals surface area contributed by atoms with E-state index in [-0.39, 0.29) is 35.4 Å². The third-order valence-corrected chi connectivity index (χ3v) is 4.34. The molecule has 1 aromatic rings. The SMILES string of the molecule is CC(C)NC(=O)c1ccc(NCCCN2CC(C)OC(C)C2)c([N+](=O)[O-])c1. The number of ether oxygens (including phenoxy) is 1. The summed E-state index contributed by atoms with van der Waals surface area (Å²) in [6.45, 7) is 11.2. The van der Waals surface area contributed by atoms with Crippen molar-refractivity contribution < 1.29 is 14.5 Å². The minimum atomic E-state index is -0.459. The Balaban J connectivity index is 1.91. The Labute approximate surface area is 160 Å². The predicted molar refractivity (Wildman–Crippen MR) is 105 cm³/mol. The molecule has 2 unspecified atom stereocenters. The Morgan fingerprint density at radius 1 is 1.33 bits per heavy atom. The number of nitro groups is 1. The number of anilines is 1. The van der Waals surface area contributed by atoms with Crippen molar-refractivity contribution in [3.05, 3.63) is 33.9 Å². The molecule has 8 nitrogen and oxygen atoms in total. The van der Waals surface area contributed by atoms with Crippen molar-refractivity contribution in [1.29, 1.82) is 0 Å². The highest BCUT2D eigenvalue weighted by Gasteiger charge is 2.22. The van der Waals surface area contributed by atoms with E-state index in [1.165, 1.54) is 6.07 Å². The van der Waals surface area contributed by atoms with Gasteiger partial charge in [0.25, 0.3) is 11.6 Å². The standard InChI is InChI=1S/C19H30N4O4/c1-13(2)21-19(24)16-6-7-17(18(10-16)23(25)26)20-8-5-9-22-11-14(3)27-15(4)12-22/h6-7,10,13-15,20H,5,8-9,11-12H2,1-4H3,(H,21,24). The quantitative estimate of drug-likeness (QED) is 0.410. The molecule has 0 bridgehead atoms. The van der Waals surface area contributed by atoms with Crippen molar-refractivity contribution in [2.24, 2.45) is 0 Å². The maximum atomic E-state index is 12.1. The van der Waals surface area contributed by atoms with E-state index in [2.05, 4.69) is 29.4 Å². The van der Waals surface area contributed by atoms with Crippen LogP contribution < -0.4 is 10.6 Å². The number of rotatable bonds is 8. The second-order valence-corrected chi connectivity index (χ2v) is 7.41. The van der Waals surface area contributed by atoms with E-state index in [9.17, 15) is 14.9 Å². The van der Waals surface area contributed by atoms with E-state index < -0.39 is 4.92 Å². The van der Waals surface area contributed by atoms with Gasteiger partial charge >= 0.3 is 0 Å². The Morgan fingerprint density at radius 3 is 2.59 bits per heavy atom. The van der Waals surface area contributed by atoms with E-state index in [1.807, 2.05) is 13.8 Å². The summed E-state index contributed by atoms with van der Waals surface area (Å²) in [5.74, 6) is -0.310. The van der Waals surface area contributed by atoms with Gasteiger partial charge in [0, 0.05) is 43.9 Å². The highest BCUT2D eigenvalue weighted by molar-refractivity contribution is 5.95. The zero-order chi connectivity index (χ0) is 20.0. The monoisotopic (exact) mass is 378 g/mol. The van der Waals surface area contributed by atoms with Crippen molar-refractivity contribution in [2.45, 2.75) is 52.4 Å². The summed E-state index contributed by atoms with van der Waals surface area (Å²) in [4.78, 5) is 25.3. The molecule has 8 heteroatoms. The van der Waals surface area contributed by atoms with E-state index in [1.54, 1.807) is 12.1 Å². The molecular formula is C19H30N4O4. The number of hydrogen-bond acceptors (Lipinski definition) is 6. The average molecular weight is 378 g/mol. The summed E-state index contributed by atoms with van der Waals surface area (Å²) in [5, 5.41) is 17.3. The van der Waals surface area contributed by atoms with Gasteiger partial charge in [-0.05, 0) is 46.2 Å². The predicted octanol–water partition coefficient (Wildman–Crippen LogP) is 2.64. The van der Waals surface area contributed by atoms with Crippen LogP contribution in [0.2, 0.25) is 0 Å². The fourth-order valence-electron chi connectivity index (χ4n) is 3.31. The highest BCUT2D eigenvalue weighted by atomic mass is 16.6. The summed E-state index contributed by atoms with van der Waals surface area (Å²) in [6, 6.07) is 4.51. The zero-order valence-corrected chi connectivity index (χ0v) is 16.5. The van der Waals surface area contributed by atoms with Crippen LogP contribution in [0.25, 0.3) is 0 Å². The van der Waals surface area contributed by atoms with Gasteiger partial charge in [-0.25, -0.2) is 0 Å². The Kier molecular flexibility index (Phi) is 7.55. The molecule has 1 heterocycles. The van der Waals surface area contributed by atoms with Crippen LogP contribution in [-0.4, -0.2) is 60.2 Å². The lowest BCUT2D eigenvalue weighted by Gasteiger charge is -2.35. The van der Waals surface area contributed by atoms with Crippen molar-refractivity contribution >= 4 is 17.3 Å². The van der Waals surface area contributed by atoms with Gasteiger partial charge in [0.15, 0.2) is 0 Å². The first-order valence-corrected chi connectivity index (χ1v) is 9.47. The van der Waals surface area contributed by atoms with Crippen molar-refractivity contribution in [1.82, 2.24) is 10.2 Å². The number of hydrogen-bond donors (Lipinski definition) is 2. The van der Waals surface area contributed by atoms with Gasteiger partial charge in [-0.15, -0.1) is 0 Å². The van der Waals surface area contributed by atoms with Gasteiger partial charge in [0.1, 0.15) is 5.69 Å². The summed E-state index contributed by atoms with van der Waals surface area (Å²) < 4.78 is 5.72. The molecule has 150 valence electrons. The molecule has 2 N–H and O–H groups in total. The van der Waals surface area contributed by atoms with Gasteiger partial charge in [0.2, 0.25) is 0 Å². The molecule has 1 aliphatic heterocycles. The minimum Gasteiger partial charge on any atom is -0.379 e. The molecule has 0 radical (unpaired) electrons. The van der Waals surface area contributed by atoms with Crippen LogP contribution in [-0.2, 0) is 4.74 Å². The lowest BCUT2D eigenvalue weighted by atomic mass is 10.1. The van der Waals surface area contributed by atoms with Gasteiger partial charge in [-0.1, -0.05) is 0 Å². The fraction of sp³-hybridized carbons (Fsp3) is 0.632. The number of nitro benzene ring substituents is 1. The van der Waals surface area contributed by atoms with Crippen molar-refractivity contribution in [3.63, 3.8) is 0 Å². The van der Waals surface area contributed by atoms with Crippen LogP contribution in [0, 0.1) is 10.1 Å². The van der Waals surface area contributed by atoms with E-state index >= 15 is 0 Å². The molecule has 1 fully saturated rings. The fourth-order valence-corrected chi connectivity index (χ4v) is 3.31. The minimum absolute atomic E-state index is 0.0278. The van der Waals surface area contributed by atoms with Crippen molar-refractivity contribution in [2.75, 3.05) is 31.5 Å². The topological polar surface area (TPSA) is 96.7 Å². The summed E-state index contributed by atoms with van der Waals surface area (Å²) in [7, 11) is 0. The van der Waals surface area contributed by atoms with Gasteiger partial charge in [-0.3, -0.25) is 19.8 Å². The number of nitrogens with zero attached hydrogens (tertiary/aromatic N) is 2. The van der Waals surface area contributed by atoms with Gasteiger partial charge in [0.05, 0.1) is 17.1 Å². The molecular weight excluding hydrogens is 348 g/mol. The van der Waals surface area contributed by atoms with Crippen LogP contribution in [0.15, 0.2) is 18.2 Å². The van der Waals surface area contributed by atoms with Crippen LogP contribution in [0.3, 0.4) is 0 Å². The van der Waals surface area contributed by atoms with E-state index in [0.29, 0.717) is 12.2 Å². The molecule has 2 atom stereocenters. The second kappa shape index (κ2) is 9.66. The van der Waals surface area contributed by atoms with Gasteiger partial charge in [-0.2, -0.15) is 0 Å². The molecule has 1 amide bonds. The van der Waals surface area contributed by atoms with Gasteiger partial charge < -0.3 is 15.4 Å². The summed E-state index contributed by atoms with van der Waals surface area (Å²) in [5.41, 5.74) is 0.641. The maximum absolute atomic E-state index is 12.1. The second-order valence-electron chi connectivity index (χ2n) is 7.41. The molecule has 0 spiro atoms. The molecule has 0 aliphatic carbocycles. The summed E-state index contributed by atoms with van der Waals surface area (Å²) >= 11 is 0. The third kappa shape index (κ3) is 6.48. The number of amides is 1. The number of carbonyl (C=O) groups excluding carboxylic acids is 1. The molecule has 1 saturated heterocycles. The lowest BCUT2D eigenvalue weighted by molar-refractivity contribution is -0.384. The first-order chi connectivity index (χ1) is 12.8. The van der Waals surface area contributed by atoms with Crippen LogP contribution in [0.1, 0.15) is 44.5 Å². The largest absolute Gasteiger partial charge is 0.379 e. The first-order valence-electron chi connectivity index (χ1n) is 9.47. The maximum Gasteiger partial charge on any atom is 0.293 e. The Hall–Kier alpha value is -2.19. The molecule has 0 saturated carbocycles. The van der Waals surface area contributed by atoms with Crippen LogP contribution in [0.5, 0.6) is 0 Å². The first kappa shape index (κ1) is 21.1. The number of nitrogens with one attached hydrogen (secondary N) is 2. The highest BCUT2D eigenvalue weighted by Crippen LogP contribution is 2.25. The Morgan fingerprint density at radius 2 is 2.00 bits per heavy atom. The van der Waals surface area contributed by atoms with E-state index in [0.717, 1.165) is 26.1 Å². The smallest absolute Gasteiger partial charge is 0.293 e. The Bertz CT molecular complexity index is 655. The number of morpholine rings is 1. The van der Waals surface area contributed by atoms with Crippen molar-refractivity contribution in [3.8, 4) is 0 Å². The average Bonchev–Trinajstić information content (AvgIpc) is 2.57. The van der Waals surface area contributed by atoms with E-state index in [4.69, 9.17) is 4.74 Å². The summed E-state index contributed by atoms with van der Waals surface area (Å²) in [6.07, 6.45) is 1.33. The molecule has 2 rings (SSSR count). The number of carbonyl (C=O) groups is 1.